The van der Waals surface area contributed by atoms with Gasteiger partial charge in [0.05, 0.1) is 23.7 Å². The molecule has 0 saturated carbocycles. The molecule has 0 amide bonds. The van der Waals surface area contributed by atoms with Crippen molar-refractivity contribution < 1.29 is 4.74 Å². The van der Waals surface area contributed by atoms with E-state index in [4.69, 9.17) is 4.74 Å². The van der Waals surface area contributed by atoms with Gasteiger partial charge in [0.15, 0.2) is 0 Å². The Labute approximate surface area is 101 Å². The monoisotopic (exact) mass is 231 g/mol. The third-order valence-corrected chi connectivity index (χ3v) is 2.73. The van der Waals surface area contributed by atoms with Gasteiger partial charge in [-0.05, 0) is 31.7 Å². The van der Waals surface area contributed by atoms with E-state index in [0.29, 0.717) is 6.61 Å². The Bertz CT molecular complexity index is 487. The van der Waals surface area contributed by atoms with Crippen LogP contribution in [0.2, 0.25) is 0 Å². The van der Waals surface area contributed by atoms with Crippen molar-refractivity contribution in [3.8, 4) is 0 Å². The molecule has 1 N–H and O–H groups in total. The first-order chi connectivity index (χ1) is 8.35. The maximum atomic E-state index is 5.45. The first-order valence-electron chi connectivity index (χ1n) is 5.81. The fourth-order valence-corrected chi connectivity index (χ4v) is 1.78. The summed E-state index contributed by atoms with van der Waals surface area (Å²) >= 11 is 0. The van der Waals surface area contributed by atoms with Crippen molar-refractivity contribution >= 4 is 11.0 Å². The minimum absolute atomic E-state index is 0.196. The van der Waals surface area contributed by atoms with Gasteiger partial charge in [-0.1, -0.05) is 6.07 Å². The number of hydrogen-bond donors (Lipinski definition) is 1. The molecule has 17 heavy (non-hydrogen) atoms. The summed E-state index contributed by atoms with van der Waals surface area (Å²) in [5.41, 5.74) is 3.01. The van der Waals surface area contributed by atoms with Crippen molar-refractivity contribution in [1.82, 2.24) is 15.3 Å². The van der Waals surface area contributed by atoms with Gasteiger partial charge >= 0.3 is 0 Å². The summed E-state index contributed by atoms with van der Waals surface area (Å²) in [5.74, 6) is 0. The molecule has 0 aliphatic carbocycles. The van der Waals surface area contributed by atoms with Crippen LogP contribution in [0.25, 0.3) is 11.0 Å². The van der Waals surface area contributed by atoms with Crippen molar-refractivity contribution in [1.29, 1.82) is 0 Å². The summed E-state index contributed by atoms with van der Waals surface area (Å²) in [6.07, 6.45) is 3.42. The summed E-state index contributed by atoms with van der Waals surface area (Å²) < 4.78 is 5.45. The van der Waals surface area contributed by atoms with Gasteiger partial charge in [-0.2, -0.15) is 0 Å². The minimum Gasteiger partial charge on any atom is -0.380 e. The molecule has 90 valence electrons. The van der Waals surface area contributed by atoms with Crippen molar-refractivity contribution in [2.45, 2.75) is 13.0 Å². The maximum Gasteiger partial charge on any atom is 0.0890 e. The first kappa shape index (κ1) is 12.0. The van der Waals surface area contributed by atoms with E-state index in [1.807, 2.05) is 20.0 Å². The number of likely N-dealkylation sites (N-methyl/N-ethyl adjacent to an activating group) is 1. The Morgan fingerprint density at radius 1 is 1.24 bits per heavy atom. The highest BCUT2D eigenvalue weighted by atomic mass is 16.5. The van der Waals surface area contributed by atoms with Gasteiger partial charge in [0.1, 0.15) is 0 Å². The van der Waals surface area contributed by atoms with Gasteiger partial charge in [-0.3, -0.25) is 9.97 Å². The summed E-state index contributed by atoms with van der Waals surface area (Å²) in [6.45, 7) is 3.39. The van der Waals surface area contributed by atoms with Crippen molar-refractivity contribution in [3.63, 3.8) is 0 Å². The molecule has 0 spiro atoms. The molecule has 0 radical (unpaired) electrons. The van der Waals surface area contributed by atoms with Crippen LogP contribution in [0.4, 0.5) is 0 Å². The highest BCUT2D eigenvalue weighted by molar-refractivity contribution is 5.74. The van der Waals surface area contributed by atoms with E-state index in [-0.39, 0.29) is 6.04 Å². The smallest absolute Gasteiger partial charge is 0.0890 e. The second-order valence-corrected chi connectivity index (χ2v) is 3.81. The van der Waals surface area contributed by atoms with E-state index >= 15 is 0 Å². The van der Waals surface area contributed by atoms with E-state index in [9.17, 15) is 0 Å². The van der Waals surface area contributed by atoms with Crippen molar-refractivity contribution in [3.05, 3.63) is 36.2 Å². The molecule has 1 unspecified atom stereocenters. The molecule has 1 atom stereocenters. The molecule has 2 aromatic rings. The third-order valence-electron chi connectivity index (χ3n) is 2.73. The van der Waals surface area contributed by atoms with Crippen LogP contribution in [-0.4, -0.2) is 30.2 Å². The van der Waals surface area contributed by atoms with Gasteiger partial charge < -0.3 is 10.1 Å². The maximum absolute atomic E-state index is 5.45. The molecule has 1 aromatic carbocycles. The van der Waals surface area contributed by atoms with Gasteiger partial charge in [0.25, 0.3) is 0 Å². The van der Waals surface area contributed by atoms with E-state index < -0.39 is 0 Å². The number of benzene rings is 1. The predicted octanol–water partition coefficient (Wildman–Crippen LogP) is 1.93. The Morgan fingerprint density at radius 3 is 2.71 bits per heavy atom. The number of aromatic nitrogens is 2. The molecule has 0 aliphatic rings. The molecule has 1 aromatic heterocycles. The van der Waals surface area contributed by atoms with Crippen molar-refractivity contribution in [2.24, 2.45) is 0 Å². The molecule has 0 saturated heterocycles. The standard InChI is InChI=1S/C13H17N3O/c1-3-17-9-13(14-2)10-4-5-11-12(8-10)16-7-6-15-11/h4-8,13-14H,3,9H2,1-2H3. The van der Waals surface area contributed by atoms with Crippen LogP contribution < -0.4 is 5.32 Å². The average molecular weight is 231 g/mol. The normalized spacial score (nSPS) is 12.8. The minimum atomic E-state index is 0.196. The van der Waals surface area contributed by atoms with Crippen LogP contribution in [-0.2, 0) is 4.74 Å². The first-order valence-corrected chi connectivity index (χ1v) is 5.81. The number of ether oxygens (including phenoxy) is 1. The molecule has 0 bridgehead atoms. The molecule has 4 nitrogen and oxygen atoms in total. The van der Waals surface area contributed by atoms with Gasteiger partial charge in [-0.25, -0.2) is 0 Å². The highest BCUT2D eigenvalue weighted by Gasteiger charge is 2.09. The highest BCUT2D eigenvalue weighted by Crippen LogP contribution is 2.17. The third kappa shape index (κ3) is 2.78. The molecule has 0 aliphatic heterocycles. The van der Waals surface area contributed by atoms with Gasteiger partial charge in [0.2, 0.25) is 0 Å². The molecule has 1 heterocycles. The Hall–Kier alpha value is -1.52. The predicted molar refractivity (Wildman–Crippen MR) is 67.8 cm³/mol. The molecular weight excluding hydrogens is 214 g/mol. The second kappa shape index (κ2) is 5.70. The molecule has 0 fully saturated rings. The van der Waals surface area contributed by atoms with E-state index in [2.05, 4.69) is 27.4 Å². The van der Waals surface area contributed by atoms with Crippen LogP contribution in [0.3, 0.4) is 0 Å². The fourth-order valence-electron chi connectivity index (χ4n) is 1.78. The zero-order valence-corrected chi connectivity index (χ0v) is 10.2. The number of nitrogens with one attached hydrogen (secondary N) is 1. The topological polar surface area (TPSA) is 47.0 Å². The lowest BCUT2D eigenvalue weighted by Gasteiger charge is -2.16. The summed E-state index contributed by atoms with van der Waals surface area (Å²) in [5, 5.41) is 3.24. The lowest BCUT2D eigenvalue weighted by molar-refractivity contribution is 0.125. The van der Waals surface area contributed by atoms with Crippen LogP contribution in [0.15, 0.2) is 30.6 Å². The summed E-state index contributed by atoms with van der Waals surface area (Å²) in [6, 6.07) is 6.31. The van der Waals surface area contributed by atoms with Gasteiger partial charge in [-0.15, -0.1) is 0 Å². The van der Waals surface area contributed by atoms with E-state index in [1.165, 1.54) is 5.56 Å². The van der Waals surface area contributed by atoms with E-state index in [0.717, 1.165) is 17.6 Å². The summed E-state index contributed by atoms with van der Waals surface area (Å²) in [4.78, 5) is 8.56. The Morgan fingerprint density at radius 2 is 2.00 bits per heavy atom. The zero-order valence-electron chi connectivity index (χ0n) is 10.2. The number of hydrogen-bond acceptors (Lipinski definition) is 4. The van der Waals surface area contributed by atoms with Crippen LogP contribution in [0, 0.1) is 0 Å². The van der Waals surface area contributed by atoms with Crippen molar-refractivity contribution in [2.75, 3.05) is 20.3 Å². The lowest BCUT2D eigenvalue weighted by atomic mass is 10.1. The zero-order chi connectivity index (χ0) is 12.1. The van der Waals surface area contributed by atoms with Crippen LogP contribution >= 0.6 is 0 Å². The Kier molecular flexibility index (Phi) is 4.01. The number of nitrogens with zero attached hydrogens (tertiary/aromatic N) is 2. The SMILES string of the molecule is CCOCC(NC)c1ccc2nccnc2c1. The molecule has 2 rings (SSSR count). The average Bonchev–Trinajstić information content (AvgIpc) is 2.39. The molecular formula is C13H17N3O. The van der Waals surface area contributed by atoms with Crippen LogP contribution in [0.1, 0.15) is 18.5 Å². The number of rotatable bonds is 5. The quantitative estimate of drug-likeness (QED) is 0.854. The molecule has 4 heteroatoms. The largest absolute Gasteiger partial charge is 0.380 e. The Balaban J connectivity index is 2.27. The van der Waals surface area contributed by atoms with Gasteiger partial charge in [0, 0.05) is 19.0 Å². The second-order valence-electron chi connectivity index (χ2n) is 3.81. The van der Waals surface area contributed by atoms with E-state index in [1.54, 1.807) is 12.4 Å². The number of fused-ring (bicyclic) bond motifs is 1. The summed E-state index contributed by atoms with van der Waals surface area (Å²) in [7, 11) is 1.94. The fraction of sp³-hybridized carbons (Fsp3) is 0.385. The van der Waals surface area contributed by atoms with Crippen LogP contribution in [0.5, 0.6) is 0 Å². The lowest BCUT2D eigenvalue weighted by Crippen LogP contribution is -2.21.